The number of Topliss-reactive ketones (excluding diaryl/α,β-unsaturated/α-hetero) is 1. The van der Waals surface area contributed by atoms with Crippen LogP contribution in [0.2, 0.25) is 0 Å². The summed E-state index contributed by atoms with van der Waals surface area (Å²) in [6, 6.07) is 0.237. The molecule has 0 aliphatic carbocycles. The molecule has 1 rings (SSSR count). The highest BCUT2D eigenvalue weighted by Crippen LogP contribution is 2.12. The Bertz CT molecular complexity index is 397. The standard InChI is InChI=1S/C9H13N3OS/c1-5(2)11-8-7(6(3)13)4-10-9(14)12-8/h4-5H,1-3H3,(H2,10,11,12,14). The number of H-pyrrole nitrogens is 1. The molecule has 1 aromatic rings. The average molecular weight is 211 g/mol. The van der Waals surface area contributed by atoms with Crippen LogP contribution in [0.4, 0.5) is 5.82 Å². The SMILES string of the molecule is CC(=O)c1cnc(=S)[nH]c1NC(C)C. The van der Waals surface area contributed by atoms with Crippen LogP contribution in [-0.4, -0.2) is 21.8 Å². The molecule has 14 heavy (non-hydrogen) atoms. The van der Waals surface area contributed by atoms with Crippen molar-refractivity contribution in [1.29, 1.82) is 0 Å². The number of aromatic nitrogens is 2. The number of nitrogens with zero attached hydrogens (tertiary/aromatic N) is 1. The summed E-state index contributed by atoms with van der Waals surface area (Å²) in [7, 11) is 0. The molecule has 0 aromatic carbocycles. The maximum absolute atomic E-state index is 11.2. The number of hydrogen-bond acceptors (Lipinski definition) is 4. The van der Waals surface area contributed by atoms with Crippen molar-refractivity contribution in [3.8, 4) is 0 Å². The van der Waals surface area contributed by atoms with Gasteiger partial charge in [0.05, 0.1) is 5.56 Å². The Hall–Kier alpha value is -1.23. The lowest BCUT2D eigenvalue weighted by Crippen LogP contribution is -2.14. The van der Waals surface area contributed by atoms with Crippen LogP contribution in [0.1, 0.15) is 31.1 Å². The largest absolute Gasteiger partial charge is 0.369 e. The predicted octanol–water partition coefficient (Wildman–Crippen LogP) is 2.16. The van der Waals surface area contributed by atoms with Crippen LogP contribution >= 0.6 is 12.2 Å². The van der Waals surface area contributed by atoms with Gasteiger partial charge < -0.3 is 10.3 Å². The number of aromatic amines is 1. The van der Waals surface area contributed by atoms with Gasteiger partial charge in [-0.15, -0.1) is 0 Å². The number of rotatable bonds is 3. The van der Waals surface area contributed by atoms with Gasteiger partial charge in [0, 0.05) is 12.2 Å². The fraction of sp³-hybridized carbons (Fsp3) is 0.444. The Morgan fingerprint density at radius 2 is 2.29 bits per heavy atom. The molecular weight excluding hydrogens is 198 g/mol. The Labute approximate surface area is 87.8 Å². The molecule has 1 heterocycles. The molecule has 76 valence electrons. The molecule has 5 heteroatoms. The van der Waals surface area contributed by atoms with E-state index in [-0.39, 0.29) is 11.8 Å². The lowest BCUT2D eigenvalue weighted by molar-refractivity contribution is 0.101. The van der Waals surface area contributed by atoms with E-state index in [1.807, 2.05) is 13.8 Å². The summed E-state index contributed by atoms with van der Waals surface area (Å²) in [5.41, 5.74) is 0.535. The smallest absolute Gasteiger partial charge is 0.198 e. The maximum atomic E-state index is 11.2. The molecule has 0 spiro atoms. The minimum atomic E-state index is -0.0353. The lowest BCUT2D eigenvalue weighted by atomic mass is 10.2. The number of anilines is 1. The van der Waals surface area contributed by atoms with Crippen molar-refractivity contribution in [2.75, 3.05) is 5.32 Å². The number of carbonyl (C=O) groups is 1. The first-order chi connectivity index (χ1) is 6.50. The summed E-state index contributed by atoms with van der Waals surface area (Å²) in [6.45, 7) is 5.47. The summed E-state index contributed by atoms with van der Waals surface area (Å²) < 4.78 is 0.373. The first-order valence-corrected chi connectivity index (χ1v) is 4.78. The van der Waals surface area contributed by atoms with Crippen molar-refractivity contribution >= 4 is 23.8 Å². The Morgan fingerprint density at radius 3 is 2.79 bits per heavy atom. The lowest BCUT2D eigenvalue weighted by Gasteiger charge is -2.12. The van der Waals surface area contributed by atoms with E-state index in [0.29, 0.717) is 16.2 Å². The van der Waals surface area contributed by atoms with Gasteiger partial charge in [-0.05, 0) is 33.0 Å². The fourth-order valence-corrected chi connectivity index (χ4v) is 1.22. The van der Waals surface area contributed by atoms with Crippen LogP contribution in [0.5, 0.6) is 0 Å². The summed E-state index contributed by atoms with van der Waals surface area (Å²) in [4.78, 5) is 18.0. The van der Waals surface area contributed by atoms with E-state index in [2.05, 4.69) is 15.3 Å². The van der Waals surface area contributed by atoms with Crippen molar-refractivity contribution in [1.82, 2.24) is 9.97 Å². The van der Waals surface area contributed by atoms with Gasteiger partial charge in [-0.25, -0.2) is 4.98 Å². The van der Waals surface area contributed by atoms with Crippen LogP contribution in [0.3, 0.4) is 0 Å². The van der Waals surface area contributed by atoms with E-state index < -0.39 is 0 Å². The maximum Gasteiger partial charge on any atom is 0.198 e. The van der Waals surface area contributed by atoms with Crippen molar-refractivity contribution in [2.45, 2.75) is 26.8 Å². The van der Waals surface area contributed by atoms with Crippen molar-refractivity contribution < 1.29 is 4.79 Å². The van der Waals surface area contributed by atoms with Crippen LogP contribution in [-0.2, 0) is 0 Å². The third-order valence-corrected chi connectivity index (χ3v) is 1.83. The topological polar surface area (TPSA) is 57.8 Å². The third kappa shape index (κ3) is 2.63. The summed E-state index contributed by atoms with van der Waals surface area (Å²) in [5.74, 6) is 0.611. The zero-order valence-corrected chi connectivity index (χ0v) is 9.23. The highest BCUT2D eigenvalue weighted by Gasteiger charge is 2.08. The number of ketones is 1. The summed E-state index contributed by atoms with van der Waals surface area (Å²) >= 11 is 4.88. The quantitative estimate of drug-likeness (QED) is 0.594. The molecule has 0 atom stereocenters. The molecular formula is C9H13N3OS. The summed E-state index contributed by atoms with van der Waals surface area (Å²) in [5, 5.41) is 3.11. The normalized spacial score (nSPS) is 10.3. The van der Waals surface area contributed by atoms with Crippen LogP contribution in [0.25, 0.3) is 0 Å². The molecule has 0 aliphatic heterocycles. The zero-order valence-electron chi connectivity index (χ0n) is 8.42. The molecule has 1 aromatic heterocycles. The van der Waals surface area contributed by atoms with Crippen molar-refractivity contribution in [3.63, 3.8) is 0 Å². The monoisotopic (exact) mass is 211 g/mol. The highest BCUT2D eigenvalue weighted by atomic mass is 32.1. The van der Waals surface area contributed by atoms with E-state index in [0.717, 1.165) is 0 Å². The van der Waals surface area contributed by atoms with Gasteiger partial charge >= 0.3 is 0 Å². The van der Waals surface area contributed by atoms with Gasteiger partial charge in [0.1, 0.15) is 5.82 Å². The number of carbonyl (C=O) groups excluding carboxylic acids is 1. The molecule has 4 nitrogen and oxygen atoms in total. The minimum Gasteiger partial charge on any atom is -0.369 e. The molecule has 0 unspecified atom stereocenters. The van der Waals surface area contributed by atoms with E-state index in [4.69, 9.17) is 12.2 Å². The van der Waals surface area contributed by atoms with Crippen molar-refractivity contribution in [3.05, 3.63) is 16.5 Å². The second-order valence-electron chi connectivity index (χ2n) is 3.33. The third-order valence-electron chi connectivity index (χ3n) is 1.62. The van der Waals surface area contributed by atoms with Gasteiger partial charge in [0.2, 0.25) is 0 Å². The Kier molecular flexibility index (Phi) is 3.35. The molecule has 0 radical (unpaired) electrons. The van der Waals surface area contributed by atoms with E-state index in [9.17, 15) is 4.79 Å². The molecule has 0 bridgehead atoms. The van der Waals surface area contributed by atoms with E-state index in [1.54, 1.807) is 0 Å². The van der Waals surface area contributed by atoms with Gasteiger partial charge in [0.25, 0.3) is 0 Å². The van der Waals surface area contributed by atoms with Gasteiger partial charge in [0.15, 0.2) is 10.6 Å². The first kappa shape index (κ1) is 10.8. The second kappa shape index (κ2) is 4.32. The highest BCUT2D eigenvalue weighted by molar-refractivity contribution is 7.71. The zero-order chi connectivity index (χ0) is 10.7. The van der Waals surface area contributed by atoms with Crippen molar-refractivity contribution in [2.24, 2.45) is 0 Å². The summed E-state index contributed by atoms with van der Waals surface area (Å²) in [6.07, 6.45) is 1.49. The molecule has 0 saturated carbocycles. The van der Waals surface area contributed by atoms with Crippen LogP contribution in [0.15, 0.2) is 6.20 Å². The molecule has 2 N–H and O–H groups in total. The minimum absolute atomic E-state index is 0.0353. The molecule has 0 saturated heterocycles. The second-order valence-corrected chi connectivity index (χ2v) is 3.72. The molecule has 0 amide bonds. The van der Waals surface area contributed by atoms with Crippen LogP contribution < -0.4 is 5.32 Å². The number of hydrogen-bond donors (Lipinski definition) is 2. The first-order valence-electron chi connectivity index (χ1n) is 4.37. The predicted molar refractivity (Wildman–Crippen MR) is 58.2 cm³/mol. The van der Waals surface area contributed by atoms with Gasteiger partial charge in [-0.3, -0.25) is 4.79 Å². The van der Waals surface area contributed by atoms with E-state index >= 15 is 0 Å². The number of nitrogens with one attached hydrogen (secondary N) is 2. The van der Waals surface area contributed by atoms with Gasteiger partial charge in [-0.2, -0.15) is 0 Å². The molecule has 0 aliphatic rings. The van der Waals surface area contributed by atoms with E-state index in [1.165, 1.54) is 13.1 Å². The molecule has 0 fully saturated rings. The fourth-order valence-electron chi connectivity index (χ4n) is 1.06. The Morgan fingerprint density at radius 1 is 1.64 bits per heavy atom. The Balaban J connectivity index is 3.16. The average Bonchev–Trinajstić information content (AvgIpc) is 2.01. The van der Waals surface area contributed by atoms with Crippen LogP contribution in [0, 0.1) is 4.77 Å². The van der Waals surface area contributed by atoms with Gasteiger partial charge in [-0.1, -0.05) is 0 Å².